The molecular formula is C17H18BrClO. The SMILES string of the molecule is CCOc1ccccc1C(Cl)c1cc(C)c(Br)cc1C. The van der Waals surface area contributed by atoms with E-state index in [9.17, 15) is 0 Å². The lowest BCUT2D eigenvalue weighted by molar-refractivity contribution is 0.337. The summed E-state index contributed by atoms with van der Waals surface area (Å²) < 4.78 is 6.79. The minimum absolute atomic E-state index is 0.204. The maximum absolute atomic E-state index is 6.71. The quantitative estimate of drug-likeness (QED) is 0.632. The number of para-hydroxylation sites is 1. The van der Waals surface area contributed by atoms with Crippen LogP contribution in [-0.4, -0.2) is 6.61 Å². The maximum Gasteiger partial charge on any atom is 0.124 e. The van der Waals surface area contributed by atoms with Crippen molar-refractivity contribution in [3.05, 3.63) is 63.1 Å². The second kappa shape index (κ2) is 6.64. The Morgan fingerprint density at radius 1 is 1.10 bits per heavy atom. The molecule has 0 saturated heterocycles. The Hall–Kier alpha value is -0.990. The fourth-order valence-electron chi connectivity index (χ4n) is 2.22. The zero-order chi connectivity index (χ0) is 14.7. The van der Waals surface area contributed by atoms with Crippen LogP contribution in [0.1, 0.15) is 34.6 Å². The van der Waals surface area contributed by atoms with Crippen molar-refractivity contribution in [1.29, 1.82) is 0 Å². The first-order valence-corrected chi connectivity index (χ1v) is 7.90. The van der Waals surface area contributed by atoms with Gasteiger partial charge in [-0.2, -0.15) is 0 Å². The third-order valence-corrected chi connectivity index (χ3v) is 4.64. The molecule has 0 fully saturated rings. The Kier molecular flexibility index (Phi) is 5.11. The molecule has 0 N–H and O–H groups in total. The fraction of sp³-hybridized carbons (Fsp3) is 0.294. The molecule has 0 heterocycles. The van der Waals surface area contributed by atoms with E-state index in [1.165, 1.54) is 11.1 Å². The molecule has 0 spiro atoms. The van der Waals surface area contributed by atoms with Gasteiger partial charge in [-0.3, -0.25) is 0 Å². The van der Waals surface area contributed by atoms with E-state index in [2.05, 4.69) is 41.9 Å². The summed E-state index contributed by atoms with van der Waals surface area (Å²) in [5.41, 5.74) is 4.50. The number of halogens is 2. The van der Waals surface area contributed by atoms with Gasteiger partial charge in [0.25, 0.3) is 0 Å². The molecule has 1 unspecified atom stereocenters. The second-order valence-corrected chi connectivity index (χ2v) is 6.08. The van der Waals surface area contributed by atoms with Crippen LogP contribution in [0.25, 0.3) is 0 Å². The van der Waals surface area contributed by atoms with E-state index >= 15 is 0 Å². The molecule has 0 aliphatic carbocycles. The van der Waals surface area contributed by atoms with Crippen molar-refractivity contribution in [1.82, 2.24) is 0 Å². The van der Waals surface area contributed by atoms with Crippen molar-refractivity contribution in [2.75, 3.05) is 6.61 Å². The number of hydrogen-bond donors (Lipinski definition) is 0. The van der Waals surface area contributed by atoms with Crippen LogP contribution in [0, 0.1) is 13.8 Å². The van der Waals surface area contributed by atoms with E-state index in [0.29, 0.717) is 6.61 Å². The van der Waals surface area contributed by atoms with E-state index in [4.69, 9.17) is 16.3 Å². The molecule has 0 aliphatic rings. The topological polar surface area (TPSA) is 9.23 Å². The number of ether oxygens (including phenoxy) is 1. The molecule has 0 radical (unpaired) electrons. The van der Waals surface area contributed by atoms with Gasteiger partial charge in [0.15, 0.2) is 0 Å². The lowest BCUT2D eigenvalue weighted by atomic mass is 9.97. The second-order valence-electron chi connectivity index (χ2n) is 4.79. The summed E-state index contributed by atoms with van der Waals surface area (Å²) in [5, 5.41) is -0.204. The molecule has 106 valence electrons. The number of rotatable bonds is 4. The molecular weight excluding hydrogens is 336 g/mol. The van der Waals surface area contributed by atoms with Crippen molar-refractivity contribution in [2.45, 2.75) is 26.1 Å². The average Bonchev–Trinajstić information content (AvgIpc) is 2.43. The van der Waals surface area contributed by atoms with Crippen molar-refractivity contribution in [2.24, 2.45) is 0 Å². The predicted molar refractivity (Wildman–Crippen MR) is 88.9 cm³/mol. The number of aryl methyl sites for hydroxylation is 2. The standard InChI is InChI=1S/C17H18BrClO/c1-4-20-16-8-6-5-7-13(16)17(19)14-9-12(3)15(18)10-11(14)2/h5-10,17H,4H2,1-3H3. The first kappa shape index (κ1) is 15.4. The van der Waals surface area contributed by atoms with Crippen LogP contribution in [0.15, 0.2) is 40.9 Å². The zero-order valence-corrected chi connectivity index (χ0v) is 14.3. The van der Waals surface area contributed by atoms with Gasteiger partial charge < -0.3 is 4.74 Å². The van der Waals surface area contributed by atoms with Crippen LogP contribution >= 0.6 is 27.5 Å². The lowest BCUT2D eigenvalue weighted by Gasteiger charge is -2.18. The first-order valence-electron chi connectivity index (χ1n) is 6.67. The van der Waals surface area contributed by atoms with Crippen LogP contribution in [0.3, 0.4) is 0 Å². The maximum atomic E-state index is 6.71. The highest BCUT2D eigenvalue weighted by molar-refractivity contribution is 9.10. The van der Waals surface area contributed by atoms with E-state index in [1.807, 2.05) is 31.2 Å². The fourth-order valence-corrected chi connectivity index (χ4v) is 3.09. The minimum atomic E-state index is -0.204. The lowest BCUT2D eigenvalue weighted by Crippen LogP contribution is -2.02. The van der Waals surface area contributed by atoms with Crippen LogP contribution in [0.2, 0.25) is 0 Å². The van der Waals surface area contributed by atoms with Crippen LogP contribution in [0.5, 0.6) is 5.75 Å². The molecule has 0 aliphatic heterocycles. The van der Waals surface area contributed by atoms with Gasteiger partial charge in [-0.05, 0) is 49.6 Å². The molecule has 2 aromatic carbocycles. The van der Waals surface area contributed by atoms with Gasteiger partial charge in [0, 0.05) is 10.0 Å². The monoisotopic (exact) mass is 352 g/mol. The van der Waals surface area contributed by atoms with Crippen molar-refractivity contribution < 1.29 is 4.74 Å². The minimum Gasteiger partial charge on any atom is -0.494 e. The van der Waals surface area contributed by atoms with E-state index in [-0.39, 0.29) is 5.38 Å². The molecule has 0 saturated carbocycles. The molecule has 0 bridgehead atoms. The molecule has 20 heavy (non-hydrogen) atoms. The highest BCUT2D eigenvalue weighted by Gasteiger charge is 2.18. The van der Waals surface area contributed by atoms with E-state index < -0.39 is 0 Å². The first-order chi connectivity index (χ1) is 9.54. The summed E-state index contributed by atoms with van der Waals surface area (Å²) >= 11 is 10.3. The smallest absolute Gasteiger partial charge is 0.124 e. The van der Waals surface area contributed by atoms with Crippen molar-refractivity contribution in [3.8, 4) is 5.75 Å². The van der Waals surface area contributed by atoms with Crippen LogP contribution in [-0.2, 0) is 0 Å². The highest BCUT2D eigenvalue weighted by Crippen LogP contribution is 2.37. The van der Waals surface area contributed by atoms with Gasteiger partial charge in [-0.25, -0.2) is 0 Å². The van der Waals surface area contributed by atoms with Crippen molar-refractivity contribution >= 4 is 27.5 Å². The molecule has 1 nitrogen and oxygen atoms in total. The van der Waals surface area contributed by atoms with Crippen molar-refractivity contribution in [3.63, 3.8) is 0 Å². The van der Waals surface area contributed by atoms with Crippen LogP contribution in [0.4, 0.5) is 0 Å². The van der Waals surface area contributed by atoms with Gasteiger partial charge >= 0.3 is 0 Å². The zero-order valence-electron chi connectivity index (χ0n) is 11.9. The molecule has 1 atom stereocenters. The normalized spacial score (nSPS) is 12.2. The molecule has 0 amide bonds. The summed E-state index contributed by atoms with van der Waals surface area (Å²) in [6.45, 7) is 6.78. The summed E-state index contributed by atoms with van der Waals surface area (Å²) in [5.74, 6) is 0.856. The molecule has 3 heteroatoms. The number of alkyl halides is 1. The van der Waals surface area contributed by atoms with Crippen LogP contribution < -0.4 is 4.74 Å². The van der Waals surface area contributed by atoms with E-state index in [0.717, 1.165) is 21.3 Å². The largest absolute Gasteiger partial charge is 0.494 e. The summed E-state index contributed by atoms with van der Waals surface area (Å²) in [6, 6.07) is 12.2. The number of hydrogen-bond acceptors (Lipinski definition) is 1. The Balaban J connectivity index is 2.46. The highest BCUT2D eigenvalue weighted by atomic mass is 79.9. The number of benzene rings is 2. The Morgan fingerprint density at radius 2 is 1.80 bits per heavy atom. The van der Waals surface area contributed by atoms with Gasteiger partial charge in [-0.1, -0.05) is 40.2 Å². The van der Waals surface area contributed by atoms with Gasteiger partial charge in [-0.15, -0.1) is 11.6 Å². The molecule has 2 rings (SSSR count). The Bertz CT molecular complexity index is 610. The van der Waals surface area contributed by atoms with Gasteiger partial charge in [0.2, 0.25) is 0 Å². The van der Waals surface area contributed by atoms with Gasteiger partial charge in [0.1, 0.15) is 5.75 Å². The third kappa shape index (κ3) is 3.18. The Labute approximate surface area is 134 Å². The Morgan fingerprint density at radius 3 is 2.50 bits per heavy atom. The third-order valence-electron chi connectivity index (χ3n) is 3.31. The summed E-state index contributed by atoms with van der Waals surface area (Å²) in [7, 11) is 0. The molecule has 0 aromatic heterocycles. The van der Waals surface area contributed by atoms with Gasteiger partial charge in [0.05, 0.1) is 12.0 Å². The summed E-state index contributed by atoms with van der Waals surface area (Å²) in [6.07, 6.45) is 0. The summed E-state index contributed by atoms with van der Waals surface area (Å²) in [4.78, 5) is 0. The average molecular weight is 354 g/mol. The molecule has 2 aromatic rings. The van der Waals surface area contributed by atoms with E-state index in [1.54, 1.807) is 0 Å². The predicted octanol–water partition coefficient (Wildman–Crippen LogP) is 5.79.